The second kappa shape index (κ2) is 7.38. The molecule has 0 spiro atoms. The topological polar surface area (TPSA) is 54.4 Å². The molecule has 1 aliphatic carbocycles. The second-order valence-corrected chi connectivity index (χ2v) is 7.76. The van der Waals surface area contributed by atoms with E-state index in [-0.39, 0.29) is 12.2 Å². The highest BCUT2D eigenvalue weighted by molar-refractivity contribution is 7.84. The molecule has 2 aromatic carbocycles. The maximum absolute atomic E-state index is 14.1. The van der Waals surface area contributed by atoms with E-state index >= 15 is 0 Å². The molecule has 0 bridgehead atoms. The van der Waals surface area contributed by atoms with Gasteiger partial charge in [0.15, 0.2) is 0 Å². The predicted molar refractivity (Wildman–Crippen MR) is 103 cm³/mol. The molecule has 0 saturated heterocycles. The van der Waals surface area contributed by atoms with Crippen molar-refractivity contribution in [3.8, 4) is 0 Å². The van der Waals surface area contributed by atoms with Crippen molar-refractivity contribution in [1.82, 2.24) is 0 Å². The van der Waals surface area contributed by atoms with E-state index in [4.69, 9.17) is 5.11 Å². The fourth-order valence-corrected chi connectivity index (χ4v) is 3.75. The first-order valence-corrected chi connectivity index (χ1v) is 9.75. The molecule has 0 heterocycles. The van der Waals surface area contributed by atoms with E-state index in [1.54, 1.807) is 6.26 Å². The lowest BCUT2D eigenvalue weighted by molar-refractivity contribution is -0.135. The van der Waals surface area contributed by atoms with Crippen LogP contribution in [-0.4, -0.2) is 21.5 Å². The molecule has 1 aliphatic rings. The van der Waals surface area contributed by atoms with E-state index in [2.05, 4.69) is 0 Å². The summed E-state index contributed by atoms with van der Waals surface area (Å²) in [5.74, 6) is -1.29. The van der Waals surface area contributed by atoms with Crippen molar-refractivity contribution in [1.29, 1.82) is 0 Å². The molecular formula is C21H19FO3S. The monoisotopic (exact) mass is 370 g/mol. The standard InChI is InChI=1S/C21H19FO3S/c1-13-9-19-15(6-3-14-4-7-17(8-5-14)26(2)25)10-16(22)11-20(19)18(13)12-21(23)24/h3-8,10-11H,9,12H2,1-2H3,(H,23,24)/b6-3+. The minimum absolute atomic E-state index is 0.0962. The first-order chi connectivity index (χ1) is 12.3. The molecule has 0 aliphatic heterocycles. The van der Waals surface area contributed by atoms with Gasteiger partial charge in [0.25, 0.3) is 0 Å². The molecule has 0 aromatic heterocycles. The lowest BCUT2D eigenvalue weighted by Crippen LogP contribution is -1.98. The summed E-state index contributed by atoms with van der Waals surface area (Å²) in [6, 6.07) is 10.2. The highest BCUT2D eigenvalue weighted by Gasteiger charge is 2.23. The normalized spacial score (nSPS) is 14.7. The Bertz CT molecular complexity index is 956. The number of benzene rings is 2. The first kappa shape index (κ1) is 18.3. The van der Waals surface area contributed by atoms with Gasteiger partial charge in [0.05, 0.1) is 6.42 Å². The zero-order valence-corrected chi connectivity index (χ0v) is 15.4. The summed E-state index contributed by atoms with van der Waals surface area (Å²) in [6.07, 6.45) is 5.89. The first-order valence-electron chi connectivity index (χ1n) is 8.20. The molecule has 3 nitrogen and oxygen atoms in total. The van der Waals surface area contributed by atoms with E-state index < -0.39 is 16.8 Å². The molecular weight excluding hydrogens is 351 g/mol. The molecule has 0 amide bonds. The number of hydrogen-bond acceptors (Lipinski definition) is 2. The van der Waals surface area contributed by atoms with Crippen molar-refractivity contribution in [2.24, 2.45) is 0 Å². The predicted octanol–water partition coefficient (Wildman–Crippen LogP) is 4.54. The zero-order valence-electron chi connectivity index (χ0n) is 14.6. The van der Waals surface area contributed by atoms with Crippen molar-refractivity contribution in [3.05, 3.63) is 70.0 Å². The molecule has 1 N–H and O–H groups in total. The van der Waals surface area contributed by atoms with Crippen LogP contribution in [0.1, 0.15) is 35.6 Å². The maximum Gasteiger partial charge on any atom is 0.307 e. The van der Waals surface area contributed by atoms with E-state index in [0.717, 1.165) is 27.2 Å². The quantitative estimate of drug-likeness (QED) is 0.786. The third kappa shape index (κ3) is 3.83. The number of carbonyl (C=O) groups is 1. The van der Waals surface area contributed by atoms with Crippen LogP contribution in [0, 0.1) is 5.82 Å². The Kier molecular flexibility index (Phi) is 5.18. The maximum atomic E-state index is 14.1. The van der Waals surface area contributed by atoms with Gasteiger partial charge in [-0.15, -0.1) is 0 Å². The molecule has 3 rings (SSSR count). The summed E-state index contributed by atoms with van der Waals surface area (Å²) in [5, 5.41) is 9.11. The number of allylic oxidation sites excluding steroid dienone is 1. The fourth-order valence-electron chi connectivity index (χ4n) is 3.23. The minimum Gasteiger partial charge on any atom is -0.481 e. The summed E-state index contributed by atoms with van der Waals surface area (Å²) >= 11 is 0. The SMILES string of the molecule is CC1=C(CC(=O)O)c2cc(F)cc(/C=C/c3ccc(S(C)=O)cc3)c2C1. The third-order valence-electron chi connectivity index (χ3n) is 4.53. The van der Waals surface area contributed by atoms with Crippen LogP contribution in [-0.2, 0) is 22.0 Å². The summed E-state index contributed by atoms with van der Waals surface area (Å²) in [7, 11) is -1.02. The fraction of sp³-hybridized carbons (Fsp3) is 0.190. The van der Waals surface area contributed by atoms with Crippen LogP contribution < -0.4 is 0 Å². The molecule has 134 valence electrons. The Hall–Kier alpha value is -2.53. The van der Waals surface area contributed by atoms with E-state index in [0.29, 0.717) is 17.6 Å². The Morgan fingerprint density at radius 1 is 1.23 bits per heavy atom. The number of hydrogen-bond donors (Lipinski definition) is 1. The Morgan fingerprint density at radius 3 is 2.54 bits per heavy atom. The van der Waals surface area contributed by atoms with Crippen molar-refractivity contribution in [2.75, 3.05) is 6.26 Å². The van der Waals surface area contributed by atoms with Gasteiger partial charge in [0, 0.05) is 22.0 Å². The number of carboxylic acids is 1. The molecule has 5 heteroatoms. The number of fused-ring (bicyclic) bond motifs is 1. The van der Waals surface area contributed by atoms with Crippen LogP contribution >= 0.6 is 0 Å². The molecule has 1 unspecified atom stereocenters. The Balaban J connectivity index is 1.93. The van der Waals surface area contributed by atoms with Crippen LogP contribution in [0.2, 0.25) is 0 Å². The van der Waals surface area contributed by atoms with Crippen molar-refractivity contribution in [3.63, 3.8) is 0 Å². The summed E-state index contributed by atoms with van der Waals surface area (Å²) in [6.45, 7) is 1.90. The smallest absolute Gasteiger partial charge is 0.307 e. The molecule has 0 saturated carbocycles. The van der Waals surface area contributed by atoms with E-state index in [1.165, 1.54) is 12.1 Å². The largest absolute Gasteiger partial charge is 0.481 e. The molecule has 0 radical (unpaired) electrons. The van der Waals surface area contributed by atoms with Gasteiger partial charge in [-0.2, -0.15) is 0 Å². The Labute approximate surface area is 154 Å². The average Bonchev–Trinajstić information content (AvgIpc) is 2.88. The van der Waals surface area contributed by atoms with Gasteiger partial charge in [0.2, 0.25) is 0 Å². The second-order valence-electron chi connectivity index (χ2n) is 6.38. The van der Waals surface area contributed by atoms with Gasteiger partial charge in [-0.3, -0.25) is 9.00 Å². The summed E-state index contributed by atoms with van der Waals surface area (Å²) in [5.41, 5.74) is 5.01. The summed E-state index contributed by atoms with van der Waals surface area (Å²) < 4.78 is 25.5. The van der Waals surface area contributed by atoms with Crippen LogP contribution in [0.4, 0.5) is 4.39 Å². The lowest BCUT2D eigenvalue weighted by Gasteiger charge is -2.08. The van der Waals surface area contributed by atoms with Crippen molar-refractivity contribution >= 4 is 34.5 Å². The molecule has 26 heavy (non-hydrogen) atoms. The molecule has 0 fully saturated rings. The number of carboxylic acid groups (broad SMARTS) is 1. The van der Waals surface area contributed by atoms with Gasteiger partial charge in [0.1, 0.15) is 5.82 Å². The van der Waals surface area contributed by atoms with Crippen molar-refractivity contribution < 1.29 is 18.5 Å². The van der Waals surface area contributed by atoms with Crippen LogP contribution in [0.15, 0.2) is 46.9 Å². The summed E-state index contributed by atoms with van der Waals surface area (Å²) in [4.78, 5) is 11.9. The van der Waals surface area contributed by atoms with Gasteiger partial charge in [-0.1, -0.05) is 29.9 Å². The Morgan fingerprint density at radius 2 is 1.92 bits per heavy atom. The third-order valence-corrected chi connectivity index (χ3v) is 5.46. The zero-order chi connectivity index (χ0) is 18.8. The van der Waals surface area contributed by atoms with Crippen LogP contribution in [0.5, 0.6) is 0 Å². The average molecular weight is 370 g/mol. The van der Waals surface area contributed by atoms with Crippen LogP contribution in [0.3, 0.4) is 0 Å². The van der Waals surface area contributed by atoms with Gasteiger partial charge in [-0.25, -0.2) is 4.39 Å². The molecule has 1 atom stereocenters. The number of rotatable bonds is 5. The van der Waals surface area contributed by atoms with Gasteiger partial charge >= 0.3 is 5.97 Å². The van der Waals surface area contributed by atoms with Gasteiger partial charge in [-0.05, 0) is 65.4 Å². The minimum atomic E-state index is -1.02. The van der Waals surface area contributed by atoms with Gasteiger partial charge < -0.3 is 5.11 Å². The van der Waals surface area contributed by atoms with Crippen molar-refractivity contribution in [2.45, 2.75) is 24.7 Å². The number of halogens is 1. The number of aliphatic carboxylic acids is 1. The molecule has 2 aromatic rings. The highest BCUT2D eigenvalue weighted by atomic mass is 32.2. The lowest BCUT2D eigenvalue weighted by atomic mass is 9.97. The highest BCUT2D eigenvalue weighted by Crippen LogP contribution is 2.38. The van der Waals surface area contributed by atoms with E-state index in [9.17, 15) is 13.4 Å². The van der Waals surface area contributed by atoms with Crippen LogP contribution in [0.25, 0.3) is 17.7 Å². The van der Waals surface area contributed by atoms with E-state index in [1.807, 2.05) is 43.3 Å².